The molecule has 0 saturated heterocycles. The van der Waals surface area contributed by atoms with Gasteiger partial charge < -0.3 is 10.2 Å². The number of alkyl halides is 2. The van der Waals surface area contributed by atoms with E-state index in [-0.39, 0.29) is 0 Å². The fourth-order valence-electron chi connectivity index (χ4n) is 0.250. The summed E-state index contributed by atoms with van der Waals surface area (Å²) in [4.78, 5) is 19.5. The second-order valence-corrected chi connectivity index (χ2v) is 1.95. The van der Waals surface area contributed by atoms with Crippen LogP contribution in [0.1, 0.15) is 0 Å². The Kier molecular flexibility index (Phi) is 3.08. The van der Waals surface area contributed by atoms with E-state index in [0.717, 1.165) is 0 Å². The van der Waals surface area contributed by atoms with Gasteiger partial charge in [0.05, 0.1) is 0 Å². The first-order chi connectivity index (χ1) is 4.46. The Morgan fingerprint density at radius 2 is 1.70 bits per heavy atom. The summed E-state index contributed by atoms with van der Waals surface area (Å²) in [5, 5.41) is 13.8. The molecule has 58 valence electrons. The van der Waals surface area contributed by atoms with Crippen molar-refractivity contribution in [2.24, 2.45) is 0 Å². The van der Waals surface area contributed by atoms with Gasteiger partial charge >= 0.3 is 11.9 Å². The molecule has 0 unspecified atom stereocenters. The molecule has 0 amide bonds. The van der Waals surface area contributed by atoms with Crippen molar-refractivity contribution in [1.29, 1.82) is 0 Å². The second kappa shape index (κ2) is 3.36. The number of carboxylic acids is 2. The molecule has 0 radical (unpaired) electrons. The number of aliphatic carboxylic acids is 2. The van der Waals surface area contributed by atoms with Gasteiger partial charge in [-0.2, -0.15) is 0 Å². The van der Waals surface area contributed by atoms with Crippen LogP contribution in [0.15, 0.2) is 0 Å². The number of rotatable bonds is 3. The molecule has 0 aromatic heterocycles. The lowest BCUT2D eigenvalue weighted by atomic mass is 10.3. The molecule has 0 heterocycles. The minimum absolute atomic E-state index is 1.68. The van der Waals surface area contributed by atoms with Gasteiger partial charge in [-0.05, 0) is 0 Å². The van der Waals surface area contributed by atoms with Crippen LogP contribution in [0.2, 0.25) is 0 Å². The van der Waals surface area contributed by atoms with Crippen LogP contribution < -0.4 is 0 Å². The Hall–Kier alpha value is -0.840. The Morgan fingerprint density at radius 3 is 1.80 bits per heavy atom. The lowest BCUT2D eigenvalue weighted by Crippen LogP contribution is -2.31. The number of hydrogen-bond donors (Lipinski definition) is 2. The van der Waals surface area contributed by atoms with Crippen molar-refractivity contribution in [2.45, 2.75) is 11.5 Å². The highest BCUT2D eigenvalue weighted by Crippen LogP contribution is 2.06. The van der Waals surface area contributed by atoms with Crippen LogP contribution in [0.3, 0.4) is 0 Å². The predicted molar refractivity (Wildman–Crippen MR) is 29.8 cm³/mol. The summed E-state index contributed by atoms with van der Waals surface area (Å²) in [6.45, 7) is 0. The molecular formula is C4H4ClFO4. The maximum Gasteiger partial charge on any atom is 0.340 e. The van der Waals surface area contributed by atoms with Gasteiger partial charge in [0.2, 0.25) is 6.17 Å². The molecular weight excluding hydrogens is 166 g/mol. The molecule has 0 fully saturated rings. The fourth-order valence-corrected chi connectivity index (χ4v) is 0.358. The van der Waals surface area contributed by atoms with E-state index >= 15 is 0 Å². The van der Waals surface area contributed by atoms with E-state index in [1.54, 1.807) is 0 Å². The lowest BCUT2D eigenvalue weighted by molar-refractivity contribution is -0.148. The van der Waals surface area contributed by atoms with E-state index in [2.05, 4.69) is 0 Å². The highest BCUT2D eigenvalue weighted by molar-refractivity contribution is 6.31. The first kappa shape index (κ1) is 9.16. The molecule has 10 heavy (non-hydrogen) atoms. The summed E-state index contributed by atoms with van der Waals surface area (Å²) in [5.41, 5.74) is 0. The van der Waals surface area contributed by atoms with E-state index < -0.39 is 23.5 Å². The van der Waals surface area contributed by atoms with Crippen molar-refractivity contribution in [2.75, 3.05) is 0 Å². The zero-order valence-corrected chi connectivity index (χ0v) is 5.38. The van der Waals surface area contributed by atoms with Gasteiger partial charge in [-0.1, -0.05) is 0 Å². The molecule has 2 atom stereocenters. The minimum atomic E-state index is -2.56. The summed E-state index contributed by atoms with van der Waals surface area (Å²) in [6.07, 6.45) is -2.56. The monoisotopic (exact) mass is 170 g/mol. The zero-order valence-electron chi connectivity index (χ0n) is 4.62. The van der Waals surface area contributed by atoms with E-state index in [0.29, 0.717) is 0 Å². The van der Waals surface area contributed by atoms with Gasteiger partial charge in [0.25, 0.3) is 0 Å². The van der Waals surface area contributed by atoms with Gasteiger partial charge in [-0.25, -0.2) is 9.18 Å². The van der Waals surface area contributed by atoms with E-state index in [9.17, 15) is 14.0 Å². The maximum absolute atomic E-state index is 12.1. The molecule has 0 aliphatic carbocycles. The first-order valence-electron chi connectivity index (χ1n) is 2.20. The standard InChI is InChI=1S/C4H4ClFO4/c5-1(3(7)8)2(6)4(9)10/h1-2H,(H,7,8)(H,9,10)/t1-,2-/m0/s1. The molecule has 4 nitrogen and oxygen atoms in total. The highest BCUT2D eigenvalue weighted by Gasteiger charge is 2.31. The lowest BCUT2D eigenvalue weighted by Gasteiger charge is -2.03. The van der Waals surface area contributed by atoms with Crippen molar-refractivity contribution < 1.29 is 24.2 Å². The van der Waals surface area contributed by atoms with Crippen LogP contribution in [0.4, 0.5) is 4.39 Å². The molecule has 0 aliphatic heterocycles. The average molecular weight is 171 g/mol. The van der Waals surface area contributed by atoms with Gasteiger partial charge in [0.15, 0.2) is 5.38 Å². The van der Waals surface area contributed by atoms with E-state index in [1.807, 2.05) is 0 Å². The predicted octanol–water partition coefficient (Wildman–Crippen LogP) is 0.101. The van der Waals surface area contributed by atoms with Gasteiger partial charge in [-0.15, -0.1) is 11.6 Å². The third-order valence-electron chi connectivity index (χ3n) is 0.729. The summed E-state index contributed by atoms with van der Waals surface area (Å²) in [7, 11) is 0. The van der Waals surface area contributed by atoms with Crippen molar-refractivity contribution >= 4 is 23.5 Å². The normalized spacial score (nSPS) is 15.8. The summed E-state index contributed by atoms with van der Waals surface area (Å²) in [6, 6.07) is 0. The third-order valence-corrected chi connectivity index (χ3v) is 1.14. The molecule has 0 saturated carbocycles. The Bertz CT molecular complexity index is 141. The van der Waals surface area contributed by atoms with Crippen molar-refractivity contribution in [3.8, 4) is 0 Å². The number of halogens is 2. The first-order valence-corrected chi connectivity index (χ1v) is 2.64. The summed E-state index contributed by atoms with van der Waals surface area (Å²) in [5.74, 6) is -3.56. The largest absolute Gasteiger partial charge is 0.480 e. The van der Waals surface area contributed by atoms with Crippen LogP contribution in [0, 0.1) is 0 Å². The number of carbonyl (C=O) groups is 2. The highest BCUT2D eigenvalue weighted by atomic mass is 35.5. The molecule has 0 rings (SSSR count). The molecule has 2 N–H and O–H groups in total. The van der Waals surface area contributed by atoms with Gasteiger partial charge in [-0.3, -0.25) is 4.79 Å². The van der Waals surface area contributed by atoms with Crippen LogP contribution in [0.5, 0.6) is 0 Å². The Morgan fingerprint density at radius 1 is 1.30 bits per heavy atom. The smallest absolute Gasteiger partial charge is 0.340 e. The summed E-state index contributed by atoms with van der Waals surface area (Å²) >= 11 is 4.81. The van der Waals surface area contributed by atoms with Gasteiger partial charge in [0, 0.05) is 0 Å². The molecule has 0 aromatic carbocycles. The summed E-state index contributed by atoms with van der Waals surface area (Å²) < 4.78 is 12.1. The topological polar surface area (TPSA) is 74.6 Å². The zero-order chi connectivity index (χ0) is 8.31. The number of carboxylic acid groups (broad SMARTS) is 2. The van der Waals surface area contributed by atoms with Crippen LogP contribution in [-0.2, 0) is 9.59 Å². The molecule has 0 aromatic rings. The number of hydrogen-bond acceptors (Lipinski definition) is 2. The van der Waals surface area contributed by atoms with E-state index in [4.69, 9.17) is 21.8 Å². The third kappa shape index (κ3) is 2.18. The van der Waals surface area contributed by atoms with Crippen LogP contribution in [-0.4, -0.2) is 33.7 Å². The maximum atomic E-state index is 12.1. The van der Waals surface area contributed by atoms with Crippen molar-refractivity contribution in [3.05, 3.63) is 0 Å². The molecule has 0 spiro atoms. The minimum Gasteiger partial charge on any atom is -0.480 e. The second-order valence-electron chi connectivity index (χ2n) is 1.48. The van der Waals surface area contributed by atoms with Crippen LogP contribution >= 0.6 is 11.6 Å². The quantitative estimate of drug-likeness (QED) is 0.589. The Balaban J connectivity index is 4.07. The van der Waals surface area contributed by atoms with E-state index in [1.165, 1.54) is 0 Å². The fraction of sp³-hybridized carbons (Fsp3) is 0.500. The molecule has 6 heteroatoms. The molecule has 0 bridgehead atoms. The van der Waals surface area contributed by atoms with Crippen molar-refractivity contribution in [1.82, 2.24) is 0 Å². The van der Waals surface area contributed by atoms with Crippen LogP contribution in [0.25, 0.3) is 0 Å². The average Bonchev–Trinajstić information content (AvgIpc) is 1.84. The Labute approximate surface area is 60.2 Å². The van der Waals surface area contributed by atoms with Gasteiger partial charge in [0.1, 0.15) is 0 Å². The molecule has 0 aliphatic rings. The van der Waals surface area contributed by atoms with Crippen molar-refractivity contribution in [3.63, 3.8) is 0 Å². The SMILES string of the molecule is O=C(O)[C@@H](F)[C@H](Cl)C(=O)O.